The summed E-state index contributed by atoms with van der Waals surface area (Å²) in [5.41, 5.74) is 8.18. The van der Waals surface area contributed by atoms with Crippen molar-refractivity contribution in [1.82, 2.24) is 5.48 Å². The quantitative estimate of drug-likeness (QED) is 0.383. The summed E-state index contributed by atoms with van der Waals surface area (Å²) in [7, 11) is 0. The van der Waals surface area contributed by atoms with E-state index in [0.29, 0.717) is 24.2 Å². The van der Waals surface area contributed by atoms with E-state index in [-0.39, 0.29) is 6.10 Å². The van der Waals surface area contributed by atoms with Gasteiger partial charge in [0.15, 0.2) is 0 Å². The van der Waals surface area contributed by atoms with Crippen LogP contribution >= 0.6 is 0 Å². The summed E-state index contributed by atoms with van der Waals surface area (Å²) >= 11 is 0. The highest BCUT2D eigenvalue weighted by Crippen LogP contribution is 2.27. The molecule has 146 valence electrons. The molecule has 0 aliphatic heterocycles. The molecule has 0 saturated heterocycles. The van der Waals surface area contributed by atoms with Crippen LogP contribution in [0.4, 0.5) is 0 Å². The summed E-state index contributed by atoms with van der Waals surface area (Å²) in [6.45, 7) is 5.47. The fraction of sp³-hybridized carbons (Fsp3) is 0.400. The Bertz CT molecular complexity index is 739. The first-order valence-corrected chi connectivity index (χ1v) is 8.80. The van der Waals surface area contributed by atoms with Gasteiger partial charge in [-0.2, -0.15) is 0 Å². The first kappa shape index (κ1) is 20.7. The summed E-state index contributed by atoms with van der Waals surface area (Å²) in [5, 5.41) is 8.67. The van der Waals surface area contributed by atoms with Gasteiger partial charge in [0.05, 0.1) is 6.10 Å². The highest BCUT2D eigenvalue weighted by molar-refractivity contribution is 5.95. The van der Waals surface area contributed by atoms with Gasteiger partial charge >= 0.3 is 5.97 Å². The van der Waals surface area contributed by atoms with Crippen molar-refractivity contribution >= 4 is 11.9 Å². The van der Waals surface area contributed by atoms with E-state index < -0.39 is 23.5 Å². The fourth-order valence-electron chi connectivity index (χ4n) is 2.64. The smallest absolute Gasteiger partial charge is 0.323 e. The molecular weight excluding hydrogens is 348 g/mol. The Morgan fingerprint density at radius 2 is 1.96 bits per heavy atom. The van der Waals surface area contributed by atoms with Gasteiger partial charge in [0.25, 0.3) is 5.91 Å². The predicted octanol–water partition coefficient (Wildman–Crippen LogP) is 2.04. The van der Waals surface area contributed by atoms with E-state index in [1.807, 2.05) is 31.2 Å². The molecule has 2 rings (SSSR count). The zero-order valence-electron chi connectivity index (χ0n) is 15.8. The van der Waals surface area contributed by atoms with Crippen LogP contribution in [-0.4, -0.2) is 34.8 Å². The highest BCUT2D eigenvalue weighted by atomic mass is 16.5. The van der Waals surface area contributed by atoms with Gasteiger partial charge in [0, 0.05) is 12.0 Å². The zero-order valence-corrected chi connectivity index (χ0v) is 15.8. The van der Waals surface area contributed by atoms with Crippen LogP contribution in [0.2, 0.25) is 0 Å². The molecule has 0 saturated carbocycles. The number of esters is 1. The summed E-state index contributed by atoms with van der Waals surface area (Å²) in [6, 6.07) is 6.63. The minimum Gasteiger partial charge on any atom is -0.483 e. The highest BCUT2D eigenvalue weighted by Gasteiger charge is 2.26. The number of nitrogens with two attached hydrogens (primary N) is 1. The number of hydrogen-bond acceptors (Lipinski definition) is 6. The molecule has 7 heteroatoms. The van der Waals surface area contributed by atoms with Crippen molar-refractivity contribution < 1.29 is 24.3 Å². The molecule has 1 aromatic carbocycles. The molecule has 2 atom stereocenters. The van der Waals surface area contributed by atoms with Crippen molar-refractivity contribution in [2.45, 2.75) is 51.4 Å². The van der Waals surface area contributed by atoms with Gasteiger partial charge in [-0.1, -0.05) is 18.2 Å². The molecule has 0 heterocycles. The molecule has 4 N–H and O–H groups in total. The molecule has 0 spiro atoms. The Balaban J connectivity index is 1.94. The number of carbonyl (C=O) groups is 2. The van der Waals surface area contributed by atoms with E-state index in [1.165, 1.54) is 0 Å². The lowest BCUT2D eigenvalue weighted by molar-refractivity contribution is -0.148. The molecule has 1 amide bonds. The van der Waals surface area contributed by atoms with Crippen LogP contribution in [0.3, 0.4) is 0 Å². The van der Waals surface area contributed by atoms with Crippen LogP contribution in [0.25, 0.3) is 0 Å². The largest absolute Gasteiger partial charge is 0.483 e. The Morgan fingerprint density at radius 3 is 2.48 bits per heavy atom. The third-order valence-electron chi connectivity index (χ3n) is 4.09. The van der Waals surface area contributed by atoms with Gasteiger partial charge in [0.1, 0.15) is 17.4 Å². The number of hydrogen-bond donors (Lipinski definition) is 3. The summed E-state index contributed by atoms with van der Waals surface area (Å²) in [6.07, 6.45) is 5.78. The molecule has 1 aliphatic rings. The fourth-order valence-corrected chi connectivity index (χ4v) is 2.64. The molecule has 1 aromatic rings. The first-order chi connectivity index (χ1) is 12.7. The minimum atomic E-state index is -0.709. The van der Waals surface area contributed by atoms with E-state index in [2.05, 4.69) is 0 Å². The van der Waals surface area contributed by atoms with Crippen LogP contribution in [0.5, 0.6) is 5.75 Å². The van der Waals surface area contributed by atoms with Gasteiger partial charge in [0.2, 0.25) is 0 Å². The van der Waals surface area contributed by atoms with Crippen molar-refractivity contribution in [3.05, 3.63) is 53.6 Å². The average Bonchev–Trinajstić information content (AvgIpc) is 2.62. The van der Waals surface area contributed by atoms with E-state index >= 15 is 0 Å². The standard InChI is InChI=1S/C20H26N2O5/c1-13(2)26-19(24)17(21)12-14-4-6-16(7-5-14)27-20(3)10-8-15(9-11-20)18(23)22-25/h4-10,13,17,25H,11-12,21H2,1-3H3,(H,22,23). The molecule has 2 unspecified atom stereocenters. The van der Waals surface area contributed by atoms with Gasteiger partial charge in [-0.25, -0.2) is 5.48 Å². The maximum absolute atomic E-state index is 11.8. The third kappa shape index (κ3) is 5.94. The van der Waals surface area contributed by atoms with E-state index in [0.717, 1.165) is 5.56 Å². The number of carbonyl (C=O) groups excluding carboxylic acids is 2. The van der Waals surface area contributed by atoms with Crippen molar-refractivity contribution in [2.75, 3.05) is 0 Å². The van der Waals surface area contributed by atoms with Gasteiger partial charge in [-0.15, -0.1) is 0 Å². The number of rotatable bonds is 7. The van der Waals surface area contributed by atoms with Crippen LogP contribution in [0.1, 0.15) is 32.8 Å². The van der Waals surface area contributed by atoms with Gasteiger partial charge < -0.3 is 15.2 Å². The number of hydroxylamine groups is 1. The Hall–Kier alpha value is -2.64. The lowest BCUT2D eigenvalue weighted by Crippen LogP contribution is -2.35. The topological polar surface area (TPSA) is 111 Å². The van der Waals surface area contributed by atoms with Crippen LogP contribution in [0, 0.1) is 0 Å². The molecule has 0 bridgehead atoms. The summed E-state index contributed by atoms with van der Waals surface area (Å²) in [5.74, 6) is -0.308. The predicted molar refractivity (Wildman–Crippen MR) is 100 cm³/mol. The normalized spacial score (nSPS) is 20.0. The van der Waals surface area contributed by atoms with E-state index in [1.54, 1.807) is 37.6 Å². The van der Waals surface area contributed by atoms with Crippen LogP contribution < -0.4 is 16.0 Å². The maximum atomic E-state index is 11.8. The van der Waals surface area contributed by atoms with Crippen LogP contribution in [-0.2, 0) is 20.7 Å². The summed E-state index contributed by atoms with van der Waals surface area (Å²) < 4.78 is 11.1. The molecule has 7 nitrogen and oxygen atoms in total. The van der Waals surface area contributed by atoms with Crippen molar-refractivity contribution in [3.8, 4) is 5.75 Å². The molecule has 0 radical (unpaired) electrons. The Labute approximate surface area is 158 Å². The molecular formula is C20H26N2O5. The molecule has 27 heavy (non-hydrogen) atoms. The third-order valence-corrected chi connectivity index (χ3v) is 4.09. The second kappa shape index (κ2) is 8.83. The molecule has 0 fully saturated rings. The van der Waals surface area contributed by atoms with Crippen molar-refractivity contribution in [2.24, 2.45) is 5.73 Å². The van der Waals surface area contributed by atoms with Crippen molar-refractivity contribution in [3.63, 3.8) is 0 Å². The molecule has 0 aromatic heterocycles. The Morgan fingerprint density at radius 1 is 1.30 bits per heavy atom. The lowest BCUT2D eigenvalue weighted by Gasteiger charge is -2.29. The summed E-state index contributed by atoms with van der Waals surface area (Å²) in [4.78, 5) is 23.2. The average molecular weight is 374 g/mol. The number of ether oxygens (including phenoxy) is 2. The second-order valence-corrected chi connectivity index (χ2v) is 6.99. The first-order valence-electron chi connectivity index (χ1n) is 8.80. The number of amides is 1. The number of nitrogens with one attached hydrogen (secondary N) is 1. The minimum absolute atomic E-state index is 0.193. The maximum Gasteiger partial charge on any atom is 0.323 e. The second-order valence-electron chi connectivity index (χ2n) is 6.99. The monoisotopic (exact) mass is 374 g/mol. The van der Waals surface area contributed by atoms with E-state index in [4.69, 9.17) is 20.4 Å². The van der Waals surface area contributed by atoms with Crippen LogP contribution in [0.15, 0.2) is 48.1 Å². The van der Waals surface area contributed by atoms with Crippen molar-refractivity contribution in [1.29, 1.82) is 0 Å². The zero-order chi connectivity index (χ0) is 20.0. The Kier molecular flexibility index (Phi) is 6.76. The SMILES string of the molecule is CC(C)OC(=O)C(N)Cc1ccc(OC2(C)C=CC(C(=O)NO)=CC2)cc1. The van der Waals surface area contributed by atoms with E-state index in [9.17, 15) is 9.59 Å². The number of benzene rings is 1. The van der Waals surface area contributed by atoms with Gasteiger partial charge in [-0.3, -0.25) is 14.8 Å². The van der Waals surface area contributed by atoms with Gasteiger partial charge in [-0.05, 0) is 57.0 Å². The molecule has 1 aliphatic carbocycles. The lowest BCUT2D eigenvalue weighted by atomic mass is 9.93.